The average Bonchev–Trinajstić information content (AvgIpc) is 2.83. The van der Waals surface area contributed by atoms with E-state index in [0.29, 0.717) is 16.7 Å². The smallest absolute Gasteiger partial charge is 0.349 e. The van der Waals surface area contributed by atoms with Crippen LogP contribution in [0.2, 0.25) is 0 Å². The number of anilines is 1. The topological polar surface area (TPSA) is 98.2 Å². The van der Waals surface area contributed by atoms with Gasteiger partial charge in [0, 0.05) is 5.39 Å². The van der Waals surface area contributed by atoms with Crippen LogP contribution >= 0.6 is 0 Å². The van der Waals surface area contributed by atoms with Gasteiger partial charge in [-0.05, 0) is 24.2 Å². The quantitative estimate of drug-likeness (QED) is 0.713. The number of nitrogens with zero attached hydrogens (tertiary/aromatic N) is 2. The summed E-state index contributed by atoms with van der Waals surface area (Å²) in [7, 11) is 0. The van der Waals surface area contributed by atoms with Crippen LogP contribution in [0, 0.1) is 6.92 Å². The van der Waals surface area contributed by atoms with E-state index in [4.69, 9.17) is 4.42 Å². The van der Waals surface area contributed by atoms with Gasteiger partial charge in [0.2, 0.25) is 5.82 Å². The maximum absolute atomic E-state index is 12.0. The summed E-state index contributed by atoms with van der Waals surface area (Å²) in [5, 5.41) is 10.2. The Kier molecular flexibility index (Phi) is 2.79. The molecule has 7 nitrogen and oxygen atoms in total. The maximum Gasteiger partial charge on any atom is 0.349 e. The molecular weight excluding hydrogens is 262 g/mol. The summed E-state index contributed by atoms with van der Waals surface area (Å²) in [4.78, 5) is 23.8. The Balaban J connectivity index is 2.01. The zero-order valence-corrected chi connectivity index (χ0v) is 10.4. The van der Waals surface area contributed by atoms with E-state index in [1.807, 2.05) is 0 Å². The summed E-state index contributed by atoms with van der Waals surface area (Å²) >= 11 is 0. The standard InChI is InChI=1S/C13H9N3O4/c1-7-11(16-20-15-7)14-12(17)9-6-8-4-2-3-5-10(8)19-13(9)18/h2-6H,1H3,(H,14,16,17). The van der Waals surface area contributed by atoms with Crippen molar-refractivity contribution >= 4 is 22.7 Å². The number of rotatable bonds is 2. The lowest BCUT2D eigenvalue weighted by atomic mass is 10.2. The van der Waals surface area contributed by atoms with Gasteiger partial charge in [-0.1, -0.05) is 23.4 Å². The fourth-order valence-corrected chi connectivity index (χ4v) is 1.74. The van der Waals surface area contributed by atoms with Crippen molar-refractivity contribution in [2.24, 2.45) is 0 Å². The number of hydrogen-bond donors (Lipinski definition) is 1. The molecule has 0 saturated carbocycles. The lowest BCUT2D eigenvalue weighted by Gasteiger charge is -2.02. The number of carbonyl (C=O) groups is 1. The Morgan fingerprint density at radius 1 is 1.25 bits per heavy atom. The summed E-state index contributed by atoms with van der Waals surface area (Å²) in [5.41, 5.74) is 0.0262. The summed E-state index contributed by atoms with van der Waals surface area (Å²) in [6, 6.07) is 8.41. The van der Waals surface area contributed by atoms with Gasteiger partial charge in [-0.25, -0.2) is 9.42 Å². The van der Waals surface area contributed by atoms with Gasteiger partial charge < -0.3 is 9.73 Å². The highest BCUT2D eigenvalue weighted by Crippen LogP contribution is 2.14. The maximum atomic E-state index is 12.0. The Hall–Kier alpha value is -2.96. The van der Waals surface area contributed by atoms with E-state index in [-0.39, 0.29) is 11.4 Å². The van der Waals surface area contributed by atoms with E-state index in [0.717, 1.165) is 0 Å². The molecule has 0 radical (unpaired) electrons. The lowest BCUT2D eigenvalue weighted by molar-refractivity contribution is 0.102. The molecule has 0 atom stereocenters. The summed E-state index contributed by atoms with van der Waals surface area (Å²) in [6.45, 7) is 1.62. The van der Waals surface area contributed by atoms with E-state index in [1.54, 1.807) is 31.2 Å². The molecule has 7 heteroatoms. The predicted molar refractivity (Wildman–Crippen MR) is 69.5 cm³/mol. The largest absolute Gasteiger partial charge is 0.422 e. The molecule has 2 heterocycles. The third kappa shape index (κ3) is 2.05. The number of carbonyl (C=O) groups excluding carboxylic acids is 1. The Morgan fingerprint density at radius 2 is 2.05 bits per heavy atom. The number of hydrogen-bond acceptors (Lipinski definition) is 6. The predicted octanol–water partition coefficient (Wildman–Crippen LogP) is 1.74. The fourth-order valence-electron chi connectivity index (χ4n) is 1.74. The summed E-state index contributed by atoms with van der Waals surface area (Å²) < 4.78 is 9.55. The first-order valence-electron chi connectivity index (χ1n) is 5.78. The van der Waals surface area contributed by atoms with Crippen LogP contribution in [0.3, 0.4) is 0 Å². The Bertz CT molecular complexity index is 850. The zero-order chi connectivity index (χ0) is 14.1. The molecule has 0 aliphatic rings. The van der Waals surface area contributed by atoms with Crippen molar-refractivity contribution in [3.05, 3.63) is 52.0 Å². The van der Waals surface area contributed by atoms with Gasteiger partial charge in [0.25, 0.3) is 5.91 Å². The number of nitrogens with one attached hydrogen (secondary N) is 1. The van der Waals surface area contributed by atoms with E-state index in [1.165, 1.54) is 6.07 Å². The molecule has 20 heavy (non-hydrogen) atoms. The molecule has 0 unspecified atom stereocenters. The minimum atomic E-state index is -0.713. The van der Waals surface area contributed by atoms with Crippen LogP contribution in [0.4, 0.5) is 5.82 Å². The van der Waals surface area contributed by atoms with Crippen LogP contribution in [-0.2, 0) is 0 Å². The van der Waals surface area contributed by atoms with Crippen molar-refractivity contribution in [1.82, 2.24) is 10.3 Å². The molecule has 1 aromatic carbocycles. The SMILES string of the molecule is Cc1nonc1NC(=O)c1cc2ccccc2oc1=O. The van der Waals surface area contributed by atoms with Crippen molar-refractivity contribution in [2.75, 3.05) is 5.32 Å². The van der Waals surface area contributed by atoms with Gasteiger partial charge in [0.1, 0.15) is 16.8 Å². The second-order valence-corrected chi connectivity index (χ2v) is 4.14. The Labute approximate surface area is 112 Å². The normalized spacial score (nSPS) is 10.7. The summed E-state index contributed by atoms with van der Waals surface area (Å²) in [5.74, 6) is -0.453. The van der Waals surface area contributed by atoms with Gasteiger partial charge >= 0.3 is 5.63 Å². The molecule has 0 fully saturated rings. The molecule has 0 bridgehead atoms. The van der Waals surface area contributed by atoms with E-state index >= 15 is 0 Å². The highest BCUT2D eigenvalue weighted by Gasteiger charge is 2.16. The molecule has 1 amide bonds. The average molecular weight is 271 g/mol. The third-order valence-corrected chi connectivity index (χ3v) is 2.77. The van der Waals surface area contributed by atoms with Gasteiger partial charge in [-0.15, -0.1) is 0 Å². The van der Waals surface area contributed by atoms with Crippen molar-refractivity contribution in [1.29, 1.82) is 0 Å². The van der Waals surface area contributed by atoms with Crippen molar-refractivity contribution in [3.8, 4) is 0 Å². The minimum absolute atomic E-state index is 0.105. The number of aryl methyl sites for hydroxylation is 1. The summed E-state index contributed by atoms with van der Waals surface area (Å²) in [6.07, 6.45) is 0. The van der Waals surface area contributed by atoms with Gasteiger partial charge in [0.15, 0.2) is 0 Å². The molecule has 2 aromatic heterocycles. The van der Waals surface area contributed by atoms with Crippen molar-refractivity contribution in [2.45, 2.75) is 6.92 Å². The van der Waals surface area contributed by atoms with Crippen LogP contribution in [0.25, 0.3) is 11.0 Å². The molecule has 0 aliphatic heterocycles. The molecule has 0 saturated heterocycles. The number of fused-ring (bicyclic) bond motifs is 1. The molecule has 0 aliphatic carbocycles. The first-order valence-corrected chi connectivity index (χ1v) is 5.78. The molecule has 3 rings (SSSR count). The molecule has 100 valence electrons. The van der Waals surface area contributed by atoms with Gasteiger partial charge in [-0.3, -0.25) is 4.79 Å². The minimum Gasteiger partial charge on any atom is -0.422 e. The molecular formula is C13H9N3O4. The first kappa shape index (κ1) is 12.1. The lowest BCUT2D eigenvalue weighted by Crippen LogP contribution is -2.21. The Morgan fingerprint density at radius 3 is 2.80 bits per heavy atom. The first-order chi connectivity index (χ1) is 9.65. The third-order valence-electron chi connectivity index (χ3n) is 2.77. The number of amides is 1. The van der Waals surface area contributed by atoms with Gasteiger partial charge in [-0.2, -0.15) is 0 Å². The van der Waals surface area contributed by atoms with Crippen molar-refractivity contribution in [3.63, 3.8) is 0 Å². The molecule has 0 spiro atoms. The monoisotopic (exact) mass is 271 g/mol. The van der Waals surface area contributed by atoms with Crippen LogP contribution < -0.4 is 10.9 Å². The van der Waals surface area contributed by atoms with Crippen molar-refractivity contribution < 1.29 is 13.8 Å². The zero-order valence-electron chi connectivity index (χ0n) is 10.4. The number of benzene rings is 1. The van der Waals surface area contributed by atoms with E-state index < -0.39 is 11.5 Å². The highest BCUT2D eigenvalue weighted by atomic mass is 16.6. The van der Waals surface area contributed by atoms with E-state index in [2.05, 4.69) is 20.3 Å². The van der Waals surface area contributed by atoms with Crippen LogP contribution in [0.15, 0.2) is 44.2 Å². The highest BCUT2D eigenvalue weighted by molar-refractivity contribution is 6.05. The second-order valence-electron chi connectivity index (χ2n) is 4.14. The molecule has 1 N–H and O–H groups in total. The number of aromatic nitrogens is 2. The van der Waals surface area contributed by atoms with Gasteiger partial charge in [0.05, 0.1) is 0 Å². The van der Waals surface area contributed by atoms with Crippen LogP contribution in [0.5, 0.6) is 0 Å². The van der Waals surface area contributed by atoms with Crippen LogP contribution in [-0.4, -0.2) is 16.2 Å². The van der Waals surface area contributed by atoms with E-state index in [9.17, 15) is 9.59 Å². The second kappa shape index (κ2) is 4.61. The van der Waals surface area contributed by atoms with Crippen LogP contribution in [0.1, 0.15) is 16.1 Å². The number of para-hydroxylation sites is 1. The fraction of sp³-hybridized carbons (Fsp3) is 0.0769. The molecule has 3 aromatic rings.